The molecule has 0 saturated carbocycles. The van der Waals surface area contributed by atoms with Gasteiger partial charge in [-0.1, -0.05) is 13.8 Å². The van der Waals surface area contributed by atoms with E-state index in [1.807, 2.05) is 14.0 Å². The van der Waals surface area contributed by atoms with E-state index in [9.17, 15) is 4.79 Å². The average Bonchev–Trinajstić information content (AvgIpc) is 2.02. The zero-order valence-corrected chi connectivity index (χ0v) is 10.0. The van der Waals surface area contributed by atoms with E-state index in [2.05, 4.69) is 25.7 Å². The Morgan fingerprint density at radius 2 is 1.93 bits per heavy atom. The van der Waals surface area contributed by atoms with Crippen molar-refractivity contribution in [3.8, 4) is 0 Å². The van der Waals surface area contributed by atoms with Gasteiger partial charge in [0.15, 0.2) is 0 Å². The first kappa shape index (κ1) is 13.4. The Morgan fingerprint density at radius 3 is 2.36 bits per heavy atom. The summed E-state index contributed by atoms with van der Waals surface area (Å²) in [5.41, 5.74) is 0. The van der Waals surface area contributed by atoms with Gasteiger partial charge in [0.1, 0.15) is 0 Å². The number of esters is 1. The van der Waals surface area contributed by atoms with Crippen molar-refractivity contribution in [3.05, 3.63) is 0 Å². The lowest BCUT2D eigenvalue weighted by Crippen LogP contribution is -2.34. The summed E-state index contributed by atoms with van der Waals surface area (Å²) < 4.78 is 4.90. The van der Waals surface area contributed by atoms with Gasteiger partial charge in [-0.15, -0.1) is 0 Å². The van der Waals surface area contributed by atoms with E-state index in [0.717, 1.165) is 6.54 Å². The number of hydrogen-bond acceptors (Lipinski definition) is 3. The molecule has 0 rings (SSSR count). The quantitative estimate of drug-likeness (QED) is 0.615. The van der Waals surface area contributed by atoms with Gasteiger partial charge in [-0.05, 0) is 26.8 Å². The molecule has 0 aromatic carbocycles. The average molecular weight is 201 g/mol. The lowest BCUT2D eigenvalue weighted by molar-refractivity contribution is -0.144. The smallest absolute Gasteiger partial charge is 0.307 e. The van der Waals surface area contributed by atoms with E-state index in [0.29, 0.717) is 18.9 Å². The zero-order chi connectivity index (χ0) is 11.1. The predicted octanol–water partition coefficient (Wildman–Crippen LogP) is 1.92. The van der Waals surface area contributed by atoms with Crippen LogP contribution in [0.1, 0.15) is 34.1 Å². The van der Waals surface area contributed by atoms with Crippen molar-refractivity contribution in [1.29, 1.82) is 0 Å². The summed E-state index contributed by atoms with van der Waals surface area (Å²) in [4.78, 5) is 13.4. The molecule has 1 atom stereocenters. The molecule has 1 unspecified atom stereocenters. The first-order valence-electron chi connectivity index (χ1n) is 5.33. The molecule has 0 fully saturated rings. The van der Waals surface area contributed by atoms with E-state index in [-0.39, 0.29) is 12.0 Å². The third-order valence-corrected chi connectivity index (χ3v) is 2.17. The molecular formula is C11H23NO2. The topological polar surface area (TPSA) is 29.5 Å². The van der Waals surface area contributed by atoms with Crippen LogP contribution >= 0.6 is 0 Å². The van der Waals surface area contributed by atoms with Crippen LogP contribution < -0.4 is 0 Å². The maximum Gasteiger partial charge on any atom is 0.307 e. The third kappa shape index (κ3) is 5.97. The highest BCUT2D eigenvalue weighted by atomic mass is 16.5. The molecule has 14 heavy (non-hydrogen) atoms. The second-order valence-electron chi connectivity index (χ2n) is 4.19. The fourth-order valence-corrected chi connectivity index (χ4v) is 1.37. The lowest BCUT2D eigenvalue weighted by Gasteiger charge is -2.25. The Kier molecular flexibility index (Phi) is 6.54. The molecule has 0 bridgehead atoms. The second-order valence-corrected chi connectivity index (χ2v) is 4.19. The maximum absolute atomic E-state index is 11.2. The lowest BCUT2D eigenvalue weighted by atomic mass is 10.1. The molecule has 0 amide bonds. The van der Waals surface area contributed by atoms with Gasteiger partial charge in [0.25, 0.3) is 0 Å². The highest BCUT2D eigenvalue weighted by molar-refractivity contribution is 5.69. The van der Waals surface area contributed by atoms with Crippen LogP contribution in [0.4, 0.5) is 0 Å². The van der Waals surface area contributed by atoms with Crippen molar-refractivity contribution in [2.75, 3.05) is 20.2 Å². The minimum absolute atomic E-state index is 0.101. The highest BCUT2D eigenvalue weighted by Gasteiger charge is 2.14. The van der Waals surface area contributed by atoms with Gasteiger partial charge in [-0.3, -0.25) is 4.79 Å². The summed E-state index contributed by atoms with van der Waals surface area (Å²) >= 11 is 0. The van der Waals surface area contributed by atoms with Crippen LogP contribution in [0.2, 0.25) is 0 Å². The standard InChI is InChI=1S/C11H23NO2/c1-6-14-11(13)7-10(4)12(5)8-9(2)3/h9-10H,6-8H2,1-5H3. The molecule has 0 aromatic rings. The molecule has 0 spiro atoms. The molecule has 84 valence electrons. The number of nitrogens with zero attached hydrogens (tertiary/aromatic N) is 1. The Labute approximate surface area is 87.4 Å². The summed E-state index contributed by atoms with van der Waals surface area (Å²) in [5.74, 6) is 0.528. The minimum atomic E-state index is -0.101. The molecule has 0 N–H and O–H groups in total. The summed E-state index contributed by atoms with van der Waals surface area (Å²) in [6.45, 7) is 9.72. The molecule has 0 aliphatic carbocycles. The van der Waals surface area contributed by atoms with Crippen molar-refractivity contribution in [3.63, 3.8) is 0 Å². The van der Waals surface area contributed by atoms with Crippen molar-refractivity contribution in [2.24, 2.45) is 5.92 Å². The van der Waals surface area contributed by atoms with Crippen LogP contribution in [0.15, 0.2) is 0 Å². The number of ether oxygens (including phenoxy) is 1. The first-order valence-corrected chi connectivity index (χ1v) is 5.33. The van der Waals surface area contributed by atoms with E-state index < -0.39 is 0 Å². The second kappa shape index (κ2) is 6.82. The largest absolute Gasteiger partial charge is 0.466 e. The number of hydrogen-bond donors (Lipinski definition) is 0. The van der Waals surface area contributed by atoms with Gasteiger partial charge in [0.05, 0.1) is 13.0 Å². The van der Waals surface area contributed by atoms with Gasteiger partial charge in [-0.2, -0.15) is 0 Å². The summed E-state index contributed by atoms with van der Waals surface area (Å²) in [6.07, 6.45) is 0.483. The van der Waals surface area contributed by atoms with Gasteiger partial charge in [0, 0.05) is 12.6 Å². The fourth-order valence-electron chi connectivity index (χ4n) is 1.37. The fraction of sp³-hybridized carbons (Fsp3) is 0.909. The van der Waals surface area contributed by atoms with Crippen LogP contribution in [-0.2, 0) is 9.53 Å². The molecule has 3 nitrogen and oxygen atoms in total. The summed E-state index contributed by atoms with van der Waals surface area (Å²) in [5, 5.41) is 0. The molecule has 0 radical (unpaired) electrons. The van der Waals surface area contributed by atoms with Crippen LogP contribution in [0.3, 0.4) is 0 Å². The monoisotopic (exact) mass is 201 g/mol. The predicted molar refractivity (Wildman–Crippen MR) is 58.2 cm³/mol. The zero-order valence-electron chi connectivity index (χ0n) is 10.0. The van der Waals surface area contributed by atoms with Crippen LogP contribution in [0.25, 0.3) is 0 Å². The highest BCUT2D eigenvalue weighted by Crippen LogP contribution is 2.05. The molecule has 0 aliphatic rings. The molecular weight excluding hydrogens is 178 g/mol. The van der Waals surface area contributed by atoms with Crippen molar-refractivity contribution in [2.45, 2.75) is 40.2 Å². The van der Waals surface area contributed by atoms with E-state index in [1.165, 1.54) is 0 Å². The molecule has 0 aliphatic heterocycles. The van der Waals surface area contributed by atoms with Crippen molar-refractivity contribution >= 4 is 5.97 Å². The van der Waals surface area contributed by atoms with Crippen molar-refractivity contribution in [1.82, 2.24) is 4.90 Å². The normalized spacial score (nSPS) is 13.4. The summed E-state index contributed by atoms with van der Waals surface area (Å²) in [6, 6.07) is 0.261. The molecule has 0 saturated heterocycles. The van der Waals surface area contributed by atoms with Crippen molar-refractivity contribution < 1.29 is 9.53 Å². The number of carbonyl (C=O) groups is 1. The Hall–Kier alpha value is -0.570. The Bertz CT molecular complexity index is 169. The summed E-state index contributed by atoms with van der Waals surface area (Å²) in [7, 11) is 2.05. The molecule has 3 heteroatoms. The third-order valence-electron chi connectivity index (χ3n) is 2.17. The van der Waals surface area contributed by atoms with E-state index in [4.69, 9.17) is 4.74 Å². The van der Waals surface area contributed by atoms with Crippen LogP contribution in [0, 0.1) is 5.92 Å². The van der Waals surface area contributed by atoms with E-state index in [1.54, 1.807) is 0 Å². The number of rotatable bonds is 6. The van der Waals surface area contributed by atoms with Gasteiger partial charge in [-0.25, -0.2) is 0 Å². The Morgan fingerprint density at radius 1 is 1.36 bits per heavy atom. The van der Waals surface area contributed by atoms with Gasteiger partial charge in [0.2, 0.25) is 0 Å². The minimum Gasteiger partial charge on any atom is -0.466 e. The van der Waals surface area contributed by atoms with Crippen LogP contribution in [-0.4, -0.2) is 37.1 Å². The van der Waals surface area contributed by atoms with Gasteiger partial charge >= 0.3 is 5.97 Å². The van der Waals surface area contributed by atoms with E-state index >= 15 is 0 Å². The number of carbonyl (C=O) groups excluding carboxylic acids is 1. The first-order chi connectivity index (χ1) is 6.47. The van der Waals surface area contributed by atoms with Crippen LogP contribution in [0.5, 0.6) is 0 Å². The SMILES string of the molecule is CCOC(=O)CC(C)N(C)CC(C)C. The Balaban J connectivity index is 3.82. The maximum atomic E-state index is 11.2. The molecule has 0 heterocycles. The van der Waals surface area contributed by atoms with Gasteiger partial charge < -0.3 is 9.64 Å². The molecule has 0 aromatic heterocycles.